The van der Waals surface area contributed by atoms with Crippen LogP contribution in [0.1, 0.15) is 30.4 Å². The van der Waals surface area contributed by atoms with Gasteiger partial charge in [-0.25, -0.2) is 8.78 Å². The predicted octanol–water partition coefficient (Wildman–Crippen LogP) is 4.03. The Balaban J connectivity index is 2.20. The summed E-state index contributed by atoms with van der Waals surface area (Å²) in [5.41, 5.74) is 7.39. The Hall–Kier alpha value is -1.74. The summed E-state index contributed by atoms with van der Waals surface area (Å²) in [7, 11) is 0. The van der Waals surface area contributed by atoms with Gasteiger partial charge in [0.15, 0.2) is 0 Å². The van der Waals surface area contributed by atoms with Gasteiger partial charge in [-0.2, -0.15) is 0 Å². The molecule has 2 unspecified atom stereocenters. The molecule has 0 spiro atoms. The molecule has 0 heterocycles. The lowest BCUT2D eigenvalue weighted by Gasteiger charge is -2.23. The summed E-state index contributed by atoms with van der Waals surface area (Å²) in [6.45, 7) is 2.04. The number of rotatable bonds is 5. The third kappa shape index (κ3) is 3.23. The Morgan fingerprint density at radius 3 is 2.10 bits per heavy atom. The molecule has 2 rings (SSSR count). The van der Waals surface area contributed by atoms with Crippen molar-refractivity contribution in [3.8, 4) is 0 Å². The standard InChI is InChI=1S/C17H19F2N/c1-2-13(12-7-4-3-5-8-12)17(20)11-14-15(18)9-6-10-16(14)19/h3-10,13,17H,2,11,20H2,1H3. The number of benzene rings is 2. The van der Waals surface area contributed by atoms with E-state index in [1.165, 1.54) is 18.2 Å². The van der Waals surface area contributed by atoms with Crippen LogP contribution in [0.2, 0.25) is 0 Å². The Morgan fingerprint density at radius 1 is 0.950 bits per heavy atom. The van der Waals surface area contributed by atoms with Crippen molar-refractivity contribution >= 4 is 0 Å². The minimum atomic E-state index is -0.525. The molecule has 0 aromatic heterocycles. The van der Waals surface area contributed by atoms with Gasteiger partial charge in [-0.3, -0.25) is 0 Å². The number of nitrogens with two attached hydrogens (primary N) is 1. The number of hydrogen-bond donors (Lipinski definition) is 1. The van der Waals surface area contributed by atoms with E-state index in [9.17, 15) is 8.78 Å². The lowest BCUT2D eigenvalue weighted by molar-refractivity contribution is 0.482. The van der Waals surface area contributed by atoms with E-state index in [0.717, 1.165) is 12.0 Å². The van der Waals surface area contributed by atoms with Crippen LogP contribution in [0.15, 0.2) is 48.5 Å². The maximum atomic E-state index is 13.7. The molecule has 2 aromatic carbocycles. The van der Waals surface area contributed by atoms with E-state index < -0.39 is 11.6 Å². The Kier molecular flexibility index (Phi) is 4.85. The minimum absolute atomic E-state index is 0.0781. The highest BCUT2D eigenvalue weighted by Crippen LogP contribution is 2.25. The molecule has 2 N–H and O–H groups in total. The monoisotopic (exact) mass is 275 g/mol. The zero-order valence-corrected chi connectivity index (χ0v) is 11.5. The van der Waals surface area contributed by atoms with Gasteiger partial charge in [0.1, 0.15) is 11.6 Å². The van der Waals surface area contributed by atoms with Crippen molar-refractivity contribution in [1.82, 2.24) is 0 Å². The Morgan fingerprint density at radius 2 is 1.55 bits per heavy atom. The Bertz CT molecular complexity index is 534. The van der Waals surface area contributed by atoms with Crippen molar-refractivity contribution in [2.24, 2.45) is 5.73 Å². The molecule has 0 aliphatic carbocycles. The Labute approximate surface area is 118 Å². The largest absolute Gasteiger partial charge is 0.327 e. The molecule has 0 fully saturated rings. The summed E-state index contributed by atoms with van der Waals surface area (Å²) in [5.74, 6) is -0.957. The van der Waals surface area contributed by atoms with E-state index in [1.807, 2.05) is 37.3 Å². The average Bonchev–Trinajstić information content (AvgIpc) is 2.45. The molecular formula is C17H19F2N. The van der Waals surface area contributed by atoms with E-state index in [4.69, 9.17) is 5.73 Å². The van der Waals surface area contributed by atoms with Crippen molar-refractivity contribution in [1.29, 1.82) is 0 Å². The number of hydrogen-bond acceptors (Lipinski definition) is 1. The first kappa shape index (κ1) is 14.7. The highest BCUT2D eigenvalue weighted by molar-refractivity contribution is 5.25. The van der Waals surface area contributed by atoms with Gasteiger partial charge in [-0.05, 0) is 36.5 Å². The molecule has 0 saturated heterocycles. The summed E-state index contributed by atoms with van der Waals surface area (Å²) >= 11 is 0. The van der Waals surface area contributed by atoms with E-state index in [1.54, 1.807) is 0 Å². The first-order valence-corrected chi connectivity index (χ1v) is 6.87. The fourth-order valence-corrected chi connectivity index (χ4v) is 2.59. The van der Waals surface area contributed by atoms with Crippen molar-refractivity contribution in [3.63, 3.8) is 0 Å². The molecule has 0 aliphatic heterocycles. The van der Waals surface area contributed by atoms with Crippen LogP contribution < -0.4 is 5.73 Å². The van der Waals surface area contributed by atoms with E-state index in [2.05, 4.69) is 0 Å². The van der Waals surface area contributed by atoms with Gasteiger partial charge >= 0.3 is 0 Å². The third-order valence-electron chi connectivity index (χ3n) is 3.69. The van der Waals surface area contributed by atoms with Crippen LogP contribution in [0.5, 0.6) is 0 Å². The smallest absolute Gasteiger partial charge is 0.129 e. The van der Waals surface area contributed by atoms with Gasteiger partial charge in [0.2, 0.25) is 0 Å². The van der Waals surface area contributed by atoms with Crippen molar-refractivity contribution < 1.29 is 8.78 Å². The molecule has 3 heteroatoms. The highest BCUT2D eigenvalue weighted by Gasteiger charge is 2.21. The van der Waals surface area contributed by atoms with Crippen molar-refractivity contribution in [2.75, 3.05) is 0 Å². The molecule has 106 valence electrons. The fourth-order valence-electron chi connectivity index (χ4n) is 2.59. The van der Waals surface area contributed by atoms with Gasteiger partial charge in [0, 0.05) is 11.6 Å². The molecule has 1 nitrogen and oxygen atoms in total. The lowest BCUT2D eigenvalue weighted by atomic mass is 9.86. The van der Waals surface area contributed by atoms with Crippen molar-refractivity contribution in [2.45, 2.75) is 31.7 Å². The van der Waals surface area contributed by atoms with Gasteiger partial charge in [-0.15, -0.1) is 0 Å². The second-order valence-electron chi connectivity index (χ2n) is 4.99. The van der Waals surface area contributed by atoms with Crippen LogP contribution in [-0.4, -0.2) is 6.04 Å². The predicted molar refractivity (Wildman–Crippen MR) is 77.5 cm³/mol. The van der Waals surface area contributed by atoms with E-state index in [0.29, 0.717) is 0 Å². The maximum absolute atomic E-state index is 13.7. The second kappa shape index (κ2) is 6.62. The first-order valence-electron chi connectivity index (χ1n) is 6.87. The van der Waals surface area contributed by atoms with E-state index >= 15 is 0 Å². The van der Waals surface area contributed by atoms with Crippen LogP contribution in [-0.2, 0) is 6.42 Å². The average molecular weight is 275 g/mol. The molecule has 2 atom stereocenters. The van der Waals surface area contributed by atoms with Crippen molar-refractivity contribution in [3.05, 3.63) is 71.3 Å². The third-order valence-corrected chi connectivity index (χ3v) is 3.69. The van der Waals surface area contributed by atoms with Crippen LogP contribution in [0.25, 0.3) is 0 Å². The number of halogens is 2. The summed E-state index contributed by atoms with van der Waals surface area (Å²) in [5, 5.41) is 0. The van der Waals surface area contributed by atoms with Crippen LogP contribution in [0.3, 0.4) is 0 Å². The van der Waals surface area contributed by atoms with Gasteiger partial charge in [0.05, 0.1) is 0 Å². The summed E-state index contributed by atoms with van der Waals surface area (Å²) in [6, 6.07) is 13.5. The maximum Gasteiger partial charge on any atom is 0.129 e. The highest BCUT2D eigenvalue weighted by atomic mass is 19.1. The normalized spacial score (nSPS) is 14.0. The van der Waals surface area contributed by atoms with Crippen LogP contribution in [0, 0.1) is 11.6 Å². The minimum Gasteiger partial charge on any atom is -0.327 e. The fraction of sp³-hybridized carbons (Fsp3) is 0.294. The lowest BCUT2D eigenvalue weighted by Crippen LogP contribution is -2.31. The zero-order valence-electron chi connectivity index (χ0n) is 11.5. The van der Waals surface area contributed by atoms with Gasteiger partial charge in [0.25, 0.3) is 0 Å². The first-order chi connectivity index (χ1) is 9.63. The summed E-state index contributed by atoms with van der Waals surface area (Å²) in [4.78, 5) is 0. The molecular weight excluding hydrogens is 256 g/mol. The molecule has 2 aromatic rings. The summed E-state index contributed by atoms with van der Waals surface area (Å²) in [6.07, 6.45) is 1.03. The zero-order chi connectivity index (χ0) is 14.5. The van der Waals surface area contributed by atoms with Crippen LogP contribution in [0.4, 0.5) is 8.78 Å². The van der Waals surface area contributed by atoms with Gasteiger partial charge in [-0.1, -0.05) is 43.3 Å². The van der Waals surface area contributed by atoms with Gasteiger partial charge < -0.3 is 5.73 Å². The molecule has 0 saturated carbocycles. The topological polar surface area (TPSA) is 26.0 Å². The molecule has 0 amide bonds. The summed E-state index contributed by atoms with van der Waals surface area (Å²) < 4.78 is 27.4. The molecule has 20 heavy (non-hydrogen) atoms. The molecule has 0 radical (unpaired) electrons. The molecule has 0 aliphatic rings. The van der Waals surface area contributed by atoms with E-state index in [-0.39, 0.29) is 23.9 Å². The van der Waals surface area contributed by atoms with Crippen LogP contribution >= 0.6 is 0 Å². The SMILES string of the molecule is CCC(c1ccccc1)C(N)Cc1c(F)cccc1F. The second-order valence-corrected chi connectivity index (χ2v) is 4.99. The molecule has 0 bridgehead atoms. The quantitative estimate of drug-likeness (QED) is 0.876.